The van der Waals surface area contributed by atoms with Crippen LogP contribution in [0.2, 0.25) is 0 Å². The van der Waals surface area contributed by atoms with E-state index in [1.807, 2.05) is 37.4 Å². The van der Waals surface area contributed by atoms with Crippen molar-refractivity contribution in [2.45, 2.75) is 72.1 Å². The Bertz CT molecular complexity index is 1450. The van der Waals surface area contributed by atoms with E-state index in [0.29, 0.717) is 29.9 Å². The molecule has 1 aromatic heterocycles. The van der Waals surface area contributed by atoms with Crippen LogP contribution in [-0.4, -0.2) is 28.0 Å². The number of nitrogens with zero attached hydrogens (tertiary/aromatic N) is 1. The minimum absolute atomic E-state index is 0.0101. The zero-order valence-corrected chi connectivity index (χ0v) is 26.2. The monoisotopic (exact) mass is 578 g/mol. The van der Waals surface area contributed by atoms with Gasteiger partial charge in [-0.05, 0) is 94.0 Å². The van der Waals surface area contributed by atoms with Gasteiger partial charge >= 0.3 is 5.97 Å². The SMILES string of the molecule is CCc1c(C(=O)c2cccc(NCC(CCc3ccc(C)cc3)CCc3ccc(C)cc3)c2)cc(CCCC(=O)O)n1C. The molecule has 5 nitrogen and oxygen atoms in total. The van der Waals surface area contributed by atoms with Crippen molar-refractivity contribution in [2.75, 3.05) is 11.9 Å². The number of hydrogen-bond donors (Lipinski definition) is 2. The average molecular weight is 579 g/mol. The number of carbonyl (C=O) groups excluding carboxylic acids is 1. The molecule has 0 aliphatic rings. The van der Waals surface area contributed by atoms with E-state index in [9.17, 15) is 9.59 Å². The third-order valence-electron chi connectivity index (χ3n) is 8.50. The number of benzene rings is 3. The van der Waals surface area contributed by atoms with Gasteiger partial charge < -0.3 is 15.0 Å². The third-order valence-corrected chi connectivity index (χ3v) is 8.50. The molecule has 2 N–H and O–H groups in total. The Balaban J connectivity index is 1.45. The Morgan fingerprint density at radius 2 is 1.44 bits per heavy atom. The second-order valence-corrected chi connectivity index (χ2v) is 11.9. The first kappa shape index (κ1) is 31.8. The van der Waals surface area contributed by atoms with Gasteiger partial charge in [0.2, 0.25) is 0 Å². The molecule has 43 heavy (non-hydrogen) atoms. The summed E-state index contributed by atoms with van der Waals surface area (Å²) in [7, 11) is 1.97. The summed E-state index contributed by atoms with van der Waals surface area (Å²) in [6.07, 6.45) is 6.32. The maximum Gasteiger partial charge on any atom is 0.303 e. The van der Waals surface area contributed by atoms with E-state index in [4.69, 9.17) is 5.11 Å². The number of nitrogens with one attached hydrogen (secondary N) is 1. The van der Waals surface area contributed by atoms with Crippen LogP contribution >= 0.6 is 0 Å². The number of hydrogen-bond acceptors (Lipinski definition) is 3. The summed E-state index contributed by atoms with van der Waals surface area (Å²) in [4.78, 5) is 24.7. The molecule has 0 unspecified atom stereocenters. The van der Waals surface area contributed by atoms with Crippen molar-refractivity contribution in [1.82, 2.24) is 4.57 Å². The van der Waals surface area contributed by atoms with Crippen molar-refractivity contribution in [3.05, 3.63) is 124 Å². The highest BCUT2D eigenvalue weighted by Crippen LogP contribution is 2.24. The number of aromatic nitrogens is 1. The molecule has 0 aliphatic heterocycles. The van der Waals surface area contributed by atoms with Gasteiger partial charge in [0.15, 0.2) is 5.78 Å². The lowest BCUT2D eigenvalue weighted by atomic mass is 9.92. The number of rotatable bonds is 16. The molecule has 3 aromatic carbocycles. The van der Waals surface area contributed by atoms with E-state index < -0.39 is 5.97 Å². The molecule has 4 aromatic rings. The van der Waals surface area contributed by atoms with Gasteiger partial charge in [-0.1, -0.05) is 78.7 Å². The summed E-state index contributed by atoms with van der Waals surface area (Å²) >= 11 is 0. The van der Waals surface area contributed by atoms with Crippen LogP contribution in [0.3, 0.4) is 0 Å². The molecular formula is C38H46N2O3. The molecule has 4 rings (SSSR count). The van der Waals surface area contributed by atoms with E-state index in [1.54, 1.807) is 0 Å². The fourth-order valence-electron chi connectivity index (χ4n) is 5.77. The molecule has 226 valence electrons. The fraction of sp³-hybridized carbons (Fsp3) is 0.368. The van der Waals surface area contributed by atoms with E-state index >= 15 is 0 Å². The Morgan fingerprint density at radius 3 is 2.00 bits per heavy atom. The predicted molar refractivity (Wildman–Crippen MR) is 176 cm³/mol. The number of anilines is 1. The lowest BCUT2D eigenvalue weighted by Gasteiger charge is -2.19. The van der Waals surface area contributed by atoms with Crippen LogP contribution in [0.15, 0.2) is 78.9 Å². The molecule has 5 heteroatoms. The lowest BCUT2D eigenvalue weighted by Crippen LogP contribution is -2.17. The summed E-state index contributed by atoms with van der Waals surface area (Å²) in [5.74, 6) is -0.301. The molecule has 0 bridgehead atoms. The Kier molecular flexibility index (Phi) is 11.4. The fourth-order valence-corrected chi connectivity index (χ4v) is 5.77. The van der Waals surface area contributed by atoms with Gasteiger partial charge in [-0.2, -0.15) is 0 Å². The zero-order chi connectivity index (χ0) is 30.8. The maximum absolute atomic E-state index is 13.7. The molecule has 0 spiro atoms. The summed E-state index contributed by atoms with van der Waals surface area (Å²) < 4.78 is 2.06. The van der Waals surface area contributed by atoms with Crippen LogP contribution in [0.25, 0.3) is 0 Å². The molecule has 0 aliphatic carbocycles. The van der Waals surface area contributed by atoms with Crippen molar-refractivity contribution >= 4 is 17.4 Å². The number of ketones is 1. The summed E-state index contributed by atoms with van der Waals surface area (Å²) in [6, 6.07) is 27.5. The highest BCUT2D eigenvalue weighted by atomic mass is 16.4. The number of carboxylic acid groups (broad SMARTS) is 1. The summed E-state index contributed by atoms with van der Waals surface area (Å²) in [5, 5.41) is 12.7. The van der Waals surface area contributed by atoms with Crippen molar-refractivity contribution in [1.29, 1.82) is 0 Å². The topological polar surface area (TPSA) is 71.3 Å². The van der Waals surface area contributed by atoms with Crippen LogP contribution in [-0.2, 0) is 37.5 Å². The molecule has 0 saturated carbocycles. The average Bonchev–Trinajstić information content (AvgIpc) is 3.32. The number of aryl methyl sites for hydroxylation is 5. The molecular weight excluding hydrogens is 532 g/mol. The van der Waals surface area contributed by atoms with Gasteiger partial charge in [0, 0.05) is 48.2 Å². The van der Waals surface area contributed by atoms with Crippen molar-refractivity contribution in [3.8, 4) is 0 Å². The number of carboxylic acids is 1. The van der Waals surface area contributed by atoms with Crippen LogP contribution < -0.4 is 5.32 Å². The van der Waals surface area contributed by atoms with E-state index in [1.165, 1.54) is 22.3 Å². The predicted octanol–water partition coefficient (Wildman–Crippen LogP) is 8.14. The van der Waals surface area contributed by atoms with Crippen LogP contribution in [0, 0.1) is 19.8 Å². The van der Waals surface area contributed by atoms with Crippen LogP contribution in [0.1, 0.15) is 82.2 Å². The Labute approximate surface area is 257 Å². The minimum atomic E-state index is -0.793. The quantitative estimate of drug-likeness (QED) is 0.132. The summed E-state index contributed by atoms with van der Waals surface area (Å²) in [6.45, 7) is 7.14. The zero-order valence-electron chi connectivity index (χ0n) is 26.2. The Hall–Kier alpha value is -4.12. The maximum atomic E-state index is 13.7. The van der Waals surface area contributed by atoms with Crippen molar-refractivity contribution in [3.63, 3.8) is 0 Å². The lowest BCUT2D eigenvalue weighted by molar-refractivity contribution is -0.137. The minimum Gasteiger partial charge on any atom is -0.481 e. The standard InChI is InChI=1S/C38H46N2O3/c1-5-36-35(25-34(40(36)4)10-7-11-37(41)42)38(43)32-8-6-9-33(24-32)39-26-31(22-20-29-16-12-27(2)13-17-29)23-21-30-18-14-28(3)15-19-30/h6,8-9,12-19,24-25,31,39H,5,7,10-11,20-23,26H2,1-4H3,(H,41,42). The highest BCUT2D eigenvalue weighted by molar-refractivity contribution is 6.10. The first-order chi connectivity index (χ1) is 20.7. The van der Waals surface area contributed by atoms with Gasteiger partial charge in [0.1, 0.15) is 0 Å². The van der Waals surface area contributed by atoms with Gasteiger partial charge in [0.05, 0.1) is 0 Å². The van der Waals surface area contributed by atoms with E-state index in [-0.39, 0.29) is 12.2 Å². The Morgan fingerprint density at radius 1 is 0.837 bits per heavy atom. The smallest absolute Gasteiger partial charge is 0.303 e. The normalized spacial score (nSPS) is 11.2. The van der Waals surface area contributed by atoms with Crippen LogP contribution in [0.4, 0.5) is 5.69 Å². The first-order valence-corrected chi connectivity index (χ1v) is 15.6. The molecule has 0 amide bonds. The second-order valence-electron chi connectivity index (χ2n) is 11.9. The highest BCUT2D eigenvalue weighted by Gasteiger charge is 2.19. The van der Waals surface area contributed by atoms with Gasteiger partial charge in [0.25, 0.3) is 0 Å². The molecule has 1 heterocycles. The third kappa shape index (κ3) is 9.18. The molecule has 0 radical (unpaired) electrons. The van der Waals surface area contributed by atoms with Gasteiger partial charge in [-0.25, -0.2) is 0 Å². The van der Waals surface area contributed by atoms with Gasteiger partial charge in [-0.3, -0.25) is 9.59 Å². The van der Waals surface area contributed by atoms with Crippen molar-refractivity contribution in [2.24, 2.45) is 13.0 Å². The largest absolute Gasteiger partial charge is 0.481 e. The van der Waals surface area contributed by atoms with Gasteiger partial charge in [-0.15, -0.1) is 0 Å². The molecule has 0 saturated heterocycles. The second kappa shape index (κ2) is 15.4. The number of aliphatic carboxylic acids is 1. The van der Waals surface area contributed by atoms with E-state index in [0.717, 1.165) is 55.7 Å². The van der Waals surface area contributed by atoms with E-state index in [2.05, 4.69) is 79.2 Å². The van der Waals surface area contributed by atoms with Crippen LogP contribution in [0.5, 0.6) is 0 Å². The first-order valence-electron chi connectivity index (χ1n) is 15.6. The number of carbonyl (C=O) groups is 2. The molecule has 0 fully saturated rings. The summed E-state index contributed by atoms with van der Waals surface area (Å²) in [5.41, 5.74) is 9.63. The van der Waals surface area contributed by atoms with Crippen molar-refractivity contribution < 1.29 is 14.7 Å². The molecule has 0 atom stereocenters.